The lowest BCUT2D eigenvalue weighted by molar-refractivity contribution is -0.136. The van der Waals surface area contributed by atoms with Gasteiger partial charge in [-0.05, 0) is 25.0 Å². The maximum atomic E-state index is 12.7. The molecule has 0 saturated carbocycles. The van der Waals surface area contributed by atoms with Gasteiger partial charge in [0.1, 0.15) is 0 Å². The first kappa shape index (κ1) is 16.3. The summed E-state index contributed by atoms with van der Waals surface area (Å²) in [7, 11) is 0. The van der Waals surface area contributed by atoms with Crippen LogP contribution in [-0.4, -0.2) is 23.8 Å². The molecule has 2 unspecified atom stereocenters. The van der Waals surface area contributed by atoms with E-state index in [4.69, 9.17) is 5.11 Å². The number of benzene rings is 1. The summed E-state index contributed by atoms with van der Waals surface area (Å²) >= 11 is 0. The fourth-order valence-corrected chi connectivity index (χ4v) is 1.50. The minimum atomic E-state index is -4.53. The molecular formula is C13H17F3N2O2. The van der Waals surface area contributed by atoms with E-state index in [1.54, 1.807) is 13.8 Å². The number of nitrogens with one attached hydrogen (secondary N) is 2. The van der Waals surface area contributed by atoms with E-state index in [0.717, 1.165) is 6.07 Å². The van der Waals surface area contributed by atoms with E-state index in [-0.39, 0.29) is 24.3 Å². The third kappa shape index (κ3) is 4.41. The van der Waals surface area contributed by atoms with Crippen LogP contribution in [-0.2, 0) is 6.18 Å². The molecule has 7 heteroatoms. The standard InChI is InChI=1S/C13H17F3N2O2/c1-8(7-19)9(2)17-12(20)18-11-6-4-3-5-10(11)13(14,15)16/h3-6,8-9,19H,7H2,1-2H3,(H2,17,18,20). The number of hydrogen-bond donors (Lipinski definition) is 3. The SMILES string of the molecule is CC(CO)C(C)NC(=O)Nc1ccccc1C(F)(F)F. The van der Waals surface area contributed by atoms with Crippen molar-refractivity contribution in [2.24, 2.45) is 5.92 Å². The first-order valence-electron chi connectivity index (χ1n) is 6.10. The molecule has 3 N–H and O–H groups in total. The van der Waals surface area contributed by atoms with Crippen LogP contribution in [0, 0.1) is 5.92 Å². The lowest BCUT2D eigenvalue weighted by Crippen LogP contribution is -2.41. The van der Waals surface area contributed by atoms with Crippen molar-refractivity contribution in [2.45, 2.75) is 26.1 Å². The number of halogens is 3. The molecule has 0 saturated heterocycles. The topological polar surface area (TPSA) is 61.4 Å². The van der Waals surface area contributed by atoms with Crippen LogP contribution in [0.25, 0.3) is 0 Å². The molecule has 0 spiro atoms. The van der Waals surface area contributed by atoms with Crippen LogP contribution in [0.15, 0.2) is 24.3 Å². The van der Waals surface area contributed by atoms with Crippen LogP contribution in [0.3, 0.4) is 0 Å². The van der Waals surface area contributed by atoms with Gasteiger partial charge in [0, 0.05) is 12.6 Å². The quantitative estimate of drug-likeness (QED) is 0.798. The first-order chi connectivity index (χ1) is 9.25. The van der Waals surface area contributed by atoms with Gasteiger partial charge in [-0.25, -0.2) is 4.79 Å². The Bertz CT molecular complexity index is 463. The van der Waals surface area contributed by atoms with E-state index in [0.29, 0.717) is 0 Å². The second-order valence-electron chi connectivity index (χ2n) is 4.59. The minimum absolute atomic E-state index is 0.124. The Kier molecular flexibility index (Phi) is 5.38. The van der Waals surface area contributed by atoms with Crippen molar-refractivity contribution in [1.82, 2.24) is 5.32 Å². The van der Waals surface area contributed by atoms with E-state index in [1.807, 2.05) is 0 Å². The highest BCUT2D eigenvalue weighted by molar-refractivity contribution is 5.90. The summed E-state index contributed by atoms with van der Waals surface area (Å²) in [6, 6.07) is 3.64. The van der Waals surface area contributed by atoms with Gasteiger partial charge < -0.3 is 15.7 Å². The molecule has 4 nitrogen and oxygen atoms in total. The molecule has 2 atom stereocenters. The number of hydrogen-bond acceptors (Lipinski definition) is 2. The molecule has 1 rings (SSSR count). The minimum Gasteiger partial charge on any atom is -0.396 e. The predicted octanol–water partition coefficient (Wildman–Crippen LogP) is 2.84. The Morgan fingerprint density at radius 1 is 1.30 bits per heavy atom. The first-order valence-corrected chi connectivity index (χ1v) is 6.10. The van der Waals surface area contributed by atoms with E-state index >= 15 is 0 Å². The summed E-state index contributed by atoms with van der Waals surface area (Å²) in [5, 5.41) is 13.6. The molecule has 0 fully saturated rings. The Hall–Kier alpha value is -1.76. The summed E-state index contributed by atoms with van der Waals surface area (Å²) in [6.45, 7) is 3.26. The Morgan fingerprint density at radius 2 is 1.90 bits per heavy atom. The van der Waals surface area contributed by atoms with E-state index in [2.05, 4.69) is 10.6 Å². The number of para-hydroxylation sites is 1. The number of anilines is 1. The second-order valence-corrected chi connectivity index (χ2v) is 4.59. The molecule has 20 heavy (non-hydrogen) atoms. The van der Waals surface area contributed by atoms with Gasteiger partial charge in [0.2, 0.25) is 0 Å². The Morgan fingerprint density at radius 3 is 2.45 bits per heavy atom. The van der Waals surface area contributed by atoms with Crippen LogP contribution in [0.4, 0.5) is 23.7 Å². The summed E-state index contributed by atoms with van der Waals surface area (Å²) in [5.74, 6) is -0.196. The highest BCUT2D eigenvalue weighted by Gasteiger charge is 2.33. The average molecular weight is 290 g/mol. The van der Waals surface area contributed by atoms with Crippen LogP contribution in [0.5, 0.6) is 0 Å². The number of rotatable bonds is 4. The number of aliphatic hydroxyl groups excluding tert-OH is 1. The van der Waals surface area contributed by atoms with Crippen molar-refractivity contribution >= 4 is 11.7 Å². The molecule has 1 aromatic rings. The zero-order chi connectivity index (χ0) is 15.3. The van der Waals surface area contributed by atoms with Crippen molar-refractivity contribution in [2.75, 3.05) is 11.9 Å². The monoisotopic (exact) mass is 290 g/mol. The van der Waals surface area contributed by atoms with Gasteiger partial charge in [0.05, 0.1) is 11.3 Å². The summed E-state index contributed by atoms with van der Waals surface area (Å²) in [4.78, 5) is 11.7. The van der Waals surface area contributed by atoms with Gasteiger partial charge in [-0.15, -0.1) is 0 Å². The number of urea groups is 1. The predicted molar refractivity (Wildman–Crippen MR) is 69.3 cm³/mol. The fraction of sp³-hybridized carbons (Fsp3) is 0.462. The van der Waals surface area contributed by atoms with Crippen molar-refractivity contribution in [1.29, 1.82) is 0 Å². The Labute approximate surface area is 115 Å². The van der Waals surface area contributed by atoms with Crippen molar-refractivity contribution < 1.29 is 23.1 Å². The summed E-state index contributed by atoms with van der Waals surface area (Å²) < 4.78 is 38.2. The van der Waals surface area contributed by atoms with Crippen LogP contribution >= 0.6 is 0 Å². The number of carbonyl (C=O) groups excluding carboxylic acids is 1. The molecule has 112 valence electrons. The largest absolute Gasteiger partial charge is 0.418 e. The zero-order valence-electron chi connectivity index (χ0n) is 11.2. The number of alkyl halides is 3. The molecule has 0 radical (unpaired) electrons. The smallest absolute Gasteiger partial charge is 0.396 e. The van der Waals surface area contributed by atoms with Gasteiger partial charge >= 0.3 is 12.2 Å². The number of amides is 2. The highest BCUT2D eigenvalue weighted by Crippen LogP contribution is 2.34. The summed E-state index contributed by atoms with van der Waals surface area (Å²) in [5.41, 5.74) is -1.21. The van der Waals surface area contributed by atoms with Gasteiger partial charge in [0.15, 0.2) is 0 Å². The van der Waals surface area contributed by atoms with Gasteiger partial charge in [-0.2, -0.15) is 13.2 Å². The molecule has 2 amide bonds. The third-order valence-corrected chi connectivity index (χ3v) is 2.98. The van der Waals surface area contributed by atoms with E-state index in [9.17, 15) is 18.0 Å². The molecule has 0 bridgehead atoms. The van der Waals surface area contributed by atoms with Crippen molar-refractivity contribution in [3.8, 4) is 0 Å². The highest BCUT2D eigenvalue weighted by atomic mass is 19.4. The van der Waals surface area contributed by atoms with Gasteiger partial charge in [-0.1, -0.05) is 19.1 Å². The average Bonchev–Trinajstić information content (AvgIpc) is 2.36. The van der Waals surface area contributed by atoms with Crippen LogP contribution in [0.1, 0.15) is 19.4 Å². The molecule has 1 aromatic carbocycles. The maximum absolute atomic E-state index is 12.7. The van der Waals surface area contributed by atoms with Crippen molar-refractivity contribution in [3.05, 3.63) is 29.8 Å². The Balaban J connectivity index is 2.77. The molecule has 0 aliphatic carbocycles. The molecule has 0 aliphatic rings. The summed E-state index contributed by atoms with van der Waals surface area (Å²) in [6.07, 6.45) is -4.53. The molecule has 0 aliphatic heterocycles. The van der Waals surface area contributed by atoms with Crippen molar-refractivity contribution in [3.63, 3.8) is 0 Å². The normalized spacial score (nSPS) is 14.5. The van der Waals surface area contributed by atoms with Crippen LogP contribution in [0.2, 0.25) is 0 Å². The number of aliphatic hydroxyl groups is 1. The molecular weight excluding hydrogens is 273 g/mol. The van der Waals surface area contributed by atoms with Crippen LogP contribution < -0.4 is 10.6 Å². The fourth-order valence-electron chi connectivity index (χ4n) is 1.50. The number of carbonyl (C=O) groups is 1. The second kappa shape index (κ2) is 6.60. The molecule has 0 aromatic heterocycles. The van der Waals surface area contributed by atoms with Gasteiger partial charge in [-0.3, -0.25) is 0 Å². The lowest BCUT2D eigenvalue weighted by atomic mass is 10.1. The lowest BCUT2D eigenvalue weighted by Gasteiger charge is -2.20. The van der Waals surface area contributed by atoms with E-state index in [1.165, 1.54) is 18.2 Å². The third-order valence-electron chi connectivity index (χ3n) is 2.98. The zero-order valence-corrected chi connectivity index (χ0v) is 11.2. The molecule has 0 heterocycles. The maximum Gasteiger partial charge on any atom is 0.418 e. The van der Waals surface area contributed by atoms with Gasteiger partial charge in [0.25, 0.3) is 0 Å². The van der Waals surface area contributed by atoms with E-state index < -0.39 is 17.8 Å².